The standard InChI is InChI=1S/C14H16N6OS.C13H14N6OS.CF2O/c1-10-5-4-6-12(20-14(21)19(3)16-17-20)11(10)9-22-13-7-8-18(2)15-13;1-17-8-7-12(14-17)21-9-10-5-3-4-6-11(10)19-13(20)18(2)15-16-19;2-1(3)4/h4-8H,9H2,1-3H3;3-8H,9H2,1-2H3;. The van der Waals surface area contributed by atoms with E-state index in [1.807, 2.05) is 88.0 Å². The molecule has 0 aliphatic heterocycles. The number of aryl methyl sites for hydroxylation is 5. The summed E-state index contributed by atoms with van der Waals surface area (Å²) in [7, 11) is 6.94. The van der Waals surface area contributed by atoms with Crippen LogP contribution in [-0.4, -0.2) is 65.4 Å². The van der Waals surface area contributed by atoms with Crippen LogP contribution < -0.4 is 11.4 Å². The van der Waals surface area contributed by atoms with Crippen LogP contribution in [0.15, 0.2) is 86.6 Å². The first-order chi connectivity index (χ1) is 22.4. The molecule has 4 aromatic heterocycles. The van der Waals surface area contributed by atoms with E-state index in [2.05, 4.69) is 31.1 Å². The van der Waals surface area contributed by atoms with Crippen LogP contribution in [0.1, 0.15) is 16.7 Å². The van der Waals surface area contributed by atoms with Crippen molar-refractivity contribution in [3.8, 4) is 11.4 Å². The third-order valence-corrected chi connectivity index (χ3v) is 8.31. The Morgan fingerprint density at radius 3 is 1.66 bits per heavy atom. The summed E-state index contributed by atoms with van der Waals surface area (Å²) in [6.45, 7) is 2.03. The molecule has 0 N–H and O–H groups in total. The maximum absolute atomic E-state index is 12.1. The molecule has 2 aromatic carbocycles. The fourth-order valence-electron chi connectivity index (χ4n) is 4.08. The van der Waals surface area contributed by atoms with Gasteiger partial charge >= 0.3 is 17.7 Å². The molecule has 47 heavy (non-hydrogen) atoms. The lowest BCUT2D eigenvalue weighted by atomic mass is 10.1. The van der Waals surface area contributed by atoms with Gasteiger partial charge in [-0.3, -0.25) is 9.36 Å². The van der Waals surface area contributed by atoms with E-state index in [0.717, 1.165) is 38.1 Å². The number of tetrazole rings is 2. The van der Waals surface area contributed by atoms with Crippen molar-refractivity contribution < 1.29 is 13.6 Å². The van der Waals surface area contributed by atoms with Crippen LogP contribution in [0.3, 0.4) is 0 Å². The number of halogens is 2. The van der Waals surface area contributed by atoms with Gasteiger partial charge in [0.25, 0.3) is 0 Å². The first-order valence-electron chi connectivity index (χ1n) is 13.7. The molecule has 0 amide bonds. The summed E-state index contributed by atoms with van der Waals surface area (Å²) in [6, 6.07) is 17.4. The summed E-state index contributed by atoms with van der Waals surface area (Å²) in [4.78, 5) is 32.2. The van der Waals surface area contributed by atoms with Gasteiger partial charge in [-0.25, -0.2) is 14.4 Å². The molecule has 246 valence electrons. The normalized spacial score (nSPS) is 10.6. The van der Waals surface area contributed by atoms with Crippen LogP contribution in [0.25, 0.3) is 11.4 Å². The Kier molecular flexibility index (Phi) is 11.7. The molecule has 0 aliphatic carbocycles. The second-order valence-electron chi connectivity index (χ2n) is 9.75. The third-order valence-electron chi connectivity index (χ3n) is 6.39. The zero-order valence-corrected chi connectivity index (χ0v) is 27.6. The van der Waals surface area contributed by atoms with E-state index in [1.165, 1.54) is 18.7 Å². The lowest BCUT2D eigenvalue weighted by Gasteiger charge is -2.10. The van der Waals surface area contributed by atoms with Crippen molar-refractivity contribution in [3.63, 3.8) is 0 Å². The van der Waals surface area contributed by atoms with Gasteiger partial charge in [-0.05, 0) is 68.7 Å². The van der Waals surface area contributed by atoms with Gasteiger partial charge in [0.15, 0.2) is 0 Å². The number of hydrogen-bond donors (Lipinski definition) is 0. The number of hydrogen-bond acceptors (Lipinski definition) is 11. The number of benzene rings is 2. The first-order valence-corrected chi connectivity index (χ1v) is 15.7. The highest BCUT2D eigenvalue weighted by atomic mass is 32.2. The van der Waals surface area contributed by atoms with E-state index < -0.39 is 6.29 Å². The van der Waals surface area contributed by atoms with Crippen molar-refractivity contribution in [3.05, 3.63) is 105 Å². The number of para-hydroxylation sites is 1. The molecule has 0 saturated carbocycles. The zero-order valence-electron chi connectivity index (χ0n) is 25.9. The zero-order chi connectivity index (χ0) is 34.1. The Hall–Kier alpha value is -5.17. The average Bonchev–Trinajstić information content (AvgIpc) is 3.81. The third kappa shape index (κ3) is 9.19. The van der Waals surface area contributed by atoms with Crippen LogP contribution in [-0.2, 0) is 39.7 Å². The minimum atomic E-state index is -2.83. The van der Waals surface area contributed by atoms with Crippen LogP contribution >= 0.6 is 23.5 Å². The van der Waals surface area contributed by atoms with Crippen LogP contribution in [0, 0.1) is 6.92 Å². The highest BCUT2D eigenvalue weighted by Crippen LogP contribution is 2.27. The molecule has 0 bridgehead atoms. The summed E-state index contributed by atoms with van der Waals surface area (Å²) in [5, 5.41) is 25.9. The maximum atomic E-state index is 12.1. The smallest absolute Gasteiger partial charge is 0.275 e. The van der Waals surface area contributed by atoms with Crippen LogP contribution in [0.2, 0.25) is 0 Å². The van der Waals surface area contributed by atoms with Crippen molar-refractivity contribution in [2.45, 2.75) is 28.5 Å². The molecule has 0 aliphatic rings. The molecule has 0 radical (unpaired) electrons. The van der Waals surface area contributed by atoms with Gasteiger partial charge in [0, 0.05) is 52.1 Å². The molecular formula is C28H30F2N12O3S2. The predicted molar refractivity (Wildman–Crippen MR) is 171 cm³/mol. The Labute approximate surface area is 274 Å². The van der Waals surface area contributed by atoms with E-state index in [1.54, 1.807) is 47.0 Å². The molecule has 0 saturated heterocycles. The van der Waals surface area contributed by atoms with Crippen molar-refractivity contribution in [1.82, 2.24) is 59.1 Å². The molecule has 19 heteroatoms. The molecular weight excluding hydrogens is 655 g/mol. The van der Waals surface area contributed by atoms with E-state index in [9.17, 15) is 18.4 Å². The number of carbonyl (C=O) groups is 1. The first kappa shape index (κ1) is 34.7. The quantitative estimate of drug-likeness (QED) is 0.171. The van der Waals surface area contributed by atoms with Gasteiger partial charge in [0.2, 0.25) is 0 Å². The minimum absolute atomic E-state index is 0.255. The SMILES string of the molecule is Cc1cccc(-n2nnn(C)c2=O)c1CSc1ccn(C)n1.Cn1ccc(SCc2ccccc2-n2nnn(C)c2=O)n1.O=C(F)F. The summed E-state index contributed by atoms with van der Waals surface area (Å²) in [5.74, 6) is 1.41. The Bertz CT molecular complexity index is 2070. The largest absolute Gasteiger partial charge is 0.483 e. The molecule has 6 rings (SSSR count). The molecule has 6 aromatic rings. The molecule has 0 unspecified atom stereocenters. The topological polar surface area (TPSA) is 158 Å². The van der Waals surface area contributed by atoms with Crippen molar-refractivity contribution >= 4 is 29.8 Å². The van der Waals surface area contributed by atoms with Gasteiger partial charge in [0.1, 0.15) is 10.1 Å². The summed E-state index contributed by atoms with van der Waals surface area (Å²) in [6.07, 6.45) is 0.982. The second kappa shape index (κ2) is 15.9. The van der Waals surface area contributed by atoms with Gasteiger partial charge < -0.3 is 0 Å². The lowest BCUT2D eigenvalue weighted by molar-refractivity contribution is 0.199. The van der Waals surface area contributed by atoms with Gasteiger partial charge in [-0.15, -0.1) is 8.78 Å². The number of aromatic nitrogens is 12. The Morgan fingerprint density at radius 1 is 0.681 bits per heavy atom. The molecule has 0 atom stereocenters. The van der Waals surface area contributed by atoms with E-state index in [-0.39, 0.29) is 11.4 Å². The highest BCUT2D eigenvalue weighted by Gasteiger charge is 2.14. The fourth-order valence-corrected chi connectivity index (χ4v) is 5.98. The van der Waals surface area contributed by atoms with Crippen molar-refractivity contribution in [1.29, 1.82) is 0 Å². The number of carbonyl (C=O) groups excluding carboxylic acids is 1. The van der Waals surface area contributed by atoms with Crippen LogP contribution in [0.4, 0.5) is 13.6 Å². The number of nitrogens with zero attached hydrogens (tertiary/aromatic N) is 12. The lowest BCUT2D eigenvalue weighted by Crippen LogP contribution is -2.23. The highest BCUT2D eigenvalue weighted by molar-refractivity contribution is 7.98. The average molecular weight is 685 g/mol. The predicted octanol–water partition coefficient (Wildman–Crippen LogP) is 3.34. The molecule has 0 spiro atoms. The molecule has 0 fully saturated rings. The van der Waals surface area contributed by atoms with Crippen LogP contribution in [0.5, 0.6) is 0 Å². The Morgan fingerprint density at radius 2 is 1.17 bits per heavy atom. The van der Waals surface area contributed by atoms with Gasteiger partial charge in [-0.2, -0.15) is 28.9 Å². The number of thioether (sulfide) groups is 2. The summed E-state index contributed by atoms with van der Waals surface area (Å²) >= 11 is 3.24. The summed E-state index contributed by atoms with van der Waals surface area (Å²) < 4.78 is 28.0. The Balaban J connectivity index is 0.000000191. The van der Waals surface area contributed by atoms with Gasteiger partial charge in [-0.1, -0.05) is 53.9 Å². The monoisotopic (exact) mass is 684 g/mol. The fraction of sp³-hybridized carbons (Fsp3) is 0.250. The van der Waals surface area contributed by atoms with Crippen molar-refractivity contribution in [2.75, 3.05) is 0 Å². The molecule has 4 heterocycles. The van der Waals surface area contributed by atoms with Gasteiger partial charge in [0.05, 0.1) is 11.4 Å². The van der Waals surface area contributed by atoms with Crippen molar-refractivity contribution in [2.24, 2.45) is 28.2 Å². The summed E-state index contributed by atoms with van der Waals surface area (Å²) in [5.41, 5.74) is 4.18. The number of rotatable bonds is 8. The van der Waals surface area contributed by atoms with E-state index in [0.29, 0.717) is 11.5 Å². The molecule has 15 nitrogen and oxygen atoms in total. The van der Waals surface area contributed by atoms with E-state index >= 15 is 0 Å². The van der Waals surface area contributed by atoms with E-state index in [4.69, 9.17) is 4.79 Å². The minimum Gasteiger partial charge on any atom is -0.275 e. The second-order valence-corrected chi connectivity index (χ2v) is 11.7. The maximum Gasteiger partial charge on any atom is 0.483 e.